The average Bonchev–Trinajstić information content (AvgIpc) is 2.86. The van der Waals surface area contributed by atoms with E-state index >= 15 is 0 Å². The molecular weight excluding hydrogens is 532 g/mol. The quantitative estimate of drug-likeness (QED) is 0.218. The van der Waals surface area contributed by atoms with Gasteiger partial charge in [0, 0.05) is 24.7 Å². The number of unbranched alkanes of at least 4 members (excludes halogenated alkanes) is 2. The predicted molar refractivity (Wildman–Crippen MR) is 158 cm³/mol. The molecule has 0 radical (unpaired) electrons. The van der Waals surface area contributed by atoms with Gasteiger partial charge < -0.3 is 19.9 Å². The number of nitrogens with one attached hydrogen (secondary N) is 2. The van der Waals surface area contributed by atoms with Crippen molar-refractivity contribution in [3.8, 4) is 11.5 Å². The van der Waals surface area contributed by atoms with E-state index in [2.05, 4.69) is 17.0 Å². The molecule has 0 heterocycles. The van der Waals surface area contributed by atoms with Crippen LogP contribution in [0.2, 0.25) is 0 Å². The van der Waals surface area contributed by atoms with Gasteiger partial charge in [-0.25, -0.2) is 17.9 Å². The number of rotatable bonds is 16. The molecule has 2 aromatic rings. The molecular formula is C30H44N2O7S. The van der Waals surface area contributed by atoms with Gasteiger partial charge in [-0.15, -0.1) is 0 Å². The fourth-order valence-electron chi connectivity index (χ4n) is 4.51. The Morgan fingerprint density at radius 3 is 2.38 bits per heavy atom. The van der Waals surface area contributed by atoms with Gasteiger partial charge in [-0.1, -0.05) is 59.1 Å². The van der Waals surface area contributed by atoms with E-state index in [9.17, 15) is 23.1 Å². The lowest BCUT2D eigenvalue weighted by Crippen LogP contribution is -2.24. The summed E-state index contributed by atoms with van der Waals surface area (Å²) in [6, 6.07) is 10.4. The molecule has 3 N–H and O–H groups in total. The van der Waals surface area contributed by atoms with E-state index < -0.39 is 16.0 Å². The zero-order chi connectivity index (χ0) is 29.9. The number of carboxylic acid groups (broad SMARTS) is 1. The number of hydrogen-bond donors (Lipinski definition) is 3. The zero-order valence-electron chi connectivity index (χ0n) is 24.5. The first-order chi connectivity index (χ1) is 18.7. The highest BCUT2D eigenvalue weighted by Gasteiger charge is 2.24. The lowest BCUT2D eigenvalue weighted by atomic mass is 9.85. The van der Waals surface area contributed by atoms with E-state index in [4.69, 9.17) is 9.47 Å². The van der Waals surface area contributed by atoms with Crippen molar-refractivity contribution in [1.82, 2.24) is 4.72 Å². The second-order valence-electron chi connectivity index (χ2n) is 11.0. The van der Waals surface area contributed by atoms with Gasteiger partial charge in [-0.2, -0.15) is 0 Å². The SMILES string of the molecule is CCCCCC(CC(=O)Nc1cc(C(=O)O)ccc1C(C)(C)C)c1ccc(OCCCNS(C)(=O)=O)cc1OC. The van der Waals surface area contributed by atoms with E-state index in [0.29, 0.717) is 30.2 Å². The van der Waals surface area contributed by atoms with Crippen LogP contribution in [0, 0.1) is 0 Å². The molecule has 9 nitrogen and oxygen atoms in total. The van der Waals surface area contributed by atoms with Crippen molar-refractivity contribution in [3.05, 3.63) is 53.1 Å². The Hall–Kier alpha value is -3.11. The molecule has 2 aromatic carbocycles. The molecule has 10 heteroatoms. The van der Waals surface area contributed by atoms with Gasteiger partial charge >= 0.3 is 5.97 Å². The first kappa shape index (κ1) is 33.1. The van der Waals surface area contributed by atoms with Crippen molar-refractivity contribution < 1.29 is 32.6 Å². The van der Waals surface area contributed by atoms with Crippen molar-refractivity contribution in [2.45, 2.75) is 77.6 Å². The average molecular weight is 577 g/mol. The summed E-state index contributed by atoms with van der Waals surface area (Å²) in [6.45, 7) is 8.80. The highest BCUT2D eigenvalue weighted by atomic mass is 32.2. The van der Waals surface area contributed by atoms with Crippen LogP contribution in [0.5, 0.6) is 11.5 Å². The van der Waals surface area contributed by atoms with Crippen LogP contribution in [0.1, 0.15) is 93.6 Å². The highest BCUT2D eigenvalue weighted by molar-refractivity contribution is 7.88. The van der Waals surface area contributed by atoms with Crippen molar-refractivity contribution >= 4 is 27.6 Å². The summed E-state index contributed by atoms with van der Waals surface area (Å²) in [4.78, 5) is 24.9. The number of methoxy groups -OCH3 is 1. The molecule has 0 aliphatic carbocycles. The van der Waals surface area contributed by atoms with Gasteiger partial charge in [0.15, 0.2) is 0 Å². The minimum absolute atomic E-state index is 0.116. The minimum Gasteiger partial charge on any atom is -0.496 e. The number of carbonyl (C=O) groups is 2. The van der Waals surface area contributed by atoms with Crippen LogP contribution >= 0.6 is 0 Å². The van der Waals surface area contributed by atoms with Crippen LogP contribution in [-0.4, -0.2) is 51.9 Å². The summed E-state index contributed by atoms with van der Waals surface area (Å²) in [5, 5.41) is 12.5. The third kappa shape index (κ3) is 10.8. The van der Waals surface area contributed by atoms with Gasteiger partial charge in [0.1, 0.15) is 11.5 Å². The number of carbonyl (C=O) groups excluding carboxylic acids is 1. The molecule has 0 spiro atoms. The molecule has 0 aliphatic rings. The molecule has 1 amide bonds. The lowest BCUT2D eigenvalue weighted by Gasteiger charge is -2.25. The van der Waals surface area contributed by atoms with Crippen LogP contribution < -0.4 is 19.5 Å². The molecule has 0 aromatic heterocycles. The number of carboxylic acids is 1. The Bertz CT molecular complexity index is 1250. The number of sulfonamides is 1. The molecule has 222 valence electrons. The Balaban J connectivity index is 2.23. The Morgan fingerprint density at radius 2 is 1.77 bits per heavy atom. The number of aromatic carboxylic acids is 1. The van der Waals surface area contributed by atoms with E-state index in [1.165, 1.54) is 6.07 Å². The summed E-state index contributed by atoms with van der Waals surface area (Å²) < 4.78 is 36.3. The van der Waals surface area contributed by atoms with Crippen molar-refractivity contribution in [2.24, 2.45) is 0 Å². The zero-order valence-corrected chi connectivity index (χ0v) is 25.3. The minimum atomic E-state index is -3.24. The Kier molecular flexibility index (Phi) is 12.4. The van der Waals surface area contributed by atoms with E-state index in [-0.39, 0.29) is 35.8 Å². The van der Waals surface area contributed by atoms with Gasteiger partial charge in [-0.3, -0.25) is 4.79 Å². The maximum Gasteiger partial charge on any atom is 0.335 e. The lowest BCUT2D eigenvalue weighted by molar-refractivity contribution is -0.116. The third-order valence-corrected chi connectivity index (χ3v) is 7.26. The summed E-state index contributed by atoms with van der Waals surface area (Å²) in [5.41, 5.74) is 2.09. The van der Waals surface area contributed by atoms with Gasteiger partial charge in [0.25, 0.3) is 0 Å². The second kappa shape index (κ2) is 15.0. The third-order valence-electron chi connectivity index (χ3n) is 6.54. The molecule has 40 heavy (non-hydrogen) atoms. The molecule has 0 aliphatic heterocycles. The summed E-state index contributed by atoms with van der Waals surface area (Å²) >= 11 is 0. The number of amides is 1. The molecule has 1 atom stereocenters. The maximum absolute atomic E-state index is 13.4. The molecule has 0 saturated carbocycles. The Morgan fingerprint density at radius 1 is 1.05 bits per heavy atom. The van der Waals surface area contributed by atoms with E-state index in [1.54, 1.807) is 25.3 Å². The van der Waals surface area contributed by atoms with Crippen LogP contribution in [0.25, 0.3) is 0 Å². The number of benzene rings is 2. The molecule has 0 fully saturated rings. The maximum atomic E-state index is 13.4. The summed E-state index contributed by atoms with van der Waals surface area (Å²) in [5.74, 6) is -0.154. The fourth-order valence-corrected chi connectivity index (χ4v) is 5.02. The van der Waals surface area contributed by atoms with Crippen LogP contribution in [-0.2, 0) is 20.2 Å². The fraction of sp³-hybridized carbons (Fsp3) is 0.533. The number of anilines is 1. The first-order valence-corrected chi connectivity index (χ1v) is 15.6. The molecule has 0 saturated heterocycles. The standard InChI is InChI=1S/C30H44N2O7S/c1-7-8-9-11-21(19-28(33)32-26-18-22(29(34)35)12-15-25(26)30(2,3)4)24-14-13-23(20-27(24)38-5)39-17-10-16-31-40(6,36)37/h12-15,18,20-21,31H,7-11,16-17,19H2,1-6H3,(H,32,33)(H,34,35). The highest BCUT2D eigenvalue weighted by Crippen LogP contribution is 2.37. The predicted octanol–water partition coefficient (Wildman–Crippen LogP) is 5.70. The largest absolute Gasteiger partial charge is 0.496 e. The Labute approximate surface area is 238 Å². The van der Waals surface area contributed by atoms with Gasteiger partial charge in [0.05, 0.1) is 25.5 Å². The number of hydrogen-bond acceptors (Lipinski definition) is 6. The van der Waals surface area contributed by atoms with Gasteiger partial charge in [0.2, 0.25) is 15.9 Å². The second-order valence-corrected chi connectivity index (χ2v) is 12.9. The van der Waals surface area contributed by atoms with Crippen LogP contribution in [0.3, 0.4) is 0 Å². The summed E-state index contributed by atoms with van der Waals surface area (Å²) in [7, 11) is -1.66. The van der Waals surface area contributed by atoms with Gasteiger partial charge in [-0.05, 0) is 53.5 Å². The van der Waals surface area contributed by atoms with Crippen molar-refractivity contribution in [3.63, 3.8) is 0 Å². The normalized spacial score (nSPS) is 12.6. The molecule has 0 bridgehead atoms. The monoisotopic (exact) mass is 576 g/mol. The topological polar surface area (TPSA) is 131 Å². The smallest absolute Gasteiger partial charge is 0.335 e. The molecule has 2 rings (SSSR count). The van der Waals surface area contributed by atoms with Crippen LogP contribution in [0.15, 0.2) is 36.4 Å². The van der Waals surface area contributed by atoms with Crippen molar-refractivity contribution in [1.29, 1.82) is 0 Å². The van der Waals surface area contributed by atoms with E-state index in [0.717, 1.165) is 43.1 Å². The van der Waals surface area contributed by atoms with Crippen molar-refractivity contribution in [2.75, 3.05) is 31.8 Å². The summed E-state index contributed by atoms with van der Waals surface area (Å²) in [6.07, 6.45) is 5.66. The van der Waals surface area contributed by atoms with Crippen LogP contribution in [0.4, 0.5) is 5.69 Å². The van der Waals surface area contributed by atoms with E-state index in [1.807, 2.05) is 32.9 Å². The first-order valence-electron chi connectivity index (χ1n) is 13.7. The molecule has 1 unspecified atom stereocenters. The number of ether oxygens (including phenoxy) is 2.